The van der Waals surface area contributed by atoms with Gasteiger partial charge in [0.1, 0.15) is 11.8 Å². The van der Waals surface area contributed by atoms with Crippen molar-refractivity contribution >= 4 is 5.91 Å². The van der Waals surface area contributed by atoms with Gasteiger partial charge in [0.2, 0.25) is 5.88 Å². The Morgan fingerprint density at radius 2 is 1.97 bits per heavy atom. The van der Waals surface area contributed by atoms with E-state index in [1.54, 1.807) is 12.4 Å². The fourth-order valence-electron chi connectivity index (χ4n) is 4.59. The predicted molar refractivity (Wildman–Crippen MR) is 113 cm³/mol. The minimum atomic E-state index is -0.0444. The molecule has 2 aliphatic rings. The van der Waals surface area contributed by atoms with E-state index in [4.69, 9.17) is 4.74 Å². The van der Waals surface area contributed by atoms with Crippen LogP contribution in [0.3, 0.4) is 0 Å². The minimum absolute atomic E-state index is 0.0361. The second-order valence-corrected chi connectivity index (χ2v) is 8.26. The molecule has 1 aliphatic heterocycles. The summed E-state index contributed by atoms with van der Waals surface area (Å²) in [6.45, 7) is 4.66. The second-order valence-electron chi connectivity index (χ2n) is 8.26. The van der Waals surface area contributed by atoms with Gasteiger partial charge in [-0.15, -0.1) is 0 Å². The molecule has 3 aromatic heterocycles. The van der Waals surface area contributed by atoms with E-state index in [1.807, 2.05) is 61.2 Å². The number of piperidine rings is 1. The van der Waals surface area contributed by atoms with Crippen molar-refractivity contribution in [3.8, 4) is 17.1 Å². The van der Waals surface area contributed by atoms with E-state index in [1.165, 1.54) is 0 Å². The van der Waals surface area contributed by atoms with Crippen molar-refractivity contribution in [2.75, 3.05) is 6.54 Å². The fourth-order valence-corrected chi connectivity index (χ4v) is 4.59. The molecule has 2 bridgehead atoms. The molecule has 5 rings (SSSR count). The lowest BCUT2D eigenvalue weighted by Crippen LogP contribution is -2.47. The summed E-state index contributed by atoms with van der Waals surface area (Å²) < 4.78 is 6.18. The van der Waals surface area contributed by atoms with Gasteiger partial charge < -0.3 is 9.64 Å². The number of hydrogen-bond donors (Lipinski definition) is 0. The van der Waals surface area contributed by atoms with E-state index >= 15 is 0 Å². The molecule has 1 amide bonds. The van der Waals surface area contributed by atoms with Gasteiger partial charge in [-0.05, 0) is 62.4 Å². The van der Waals surface area contributed by atoms with Crippen LogP contribution in [0.5, 0.6) is 5.88 Å². The Labute approximate surface area is 176 Å². The third kappa shape index (κ3) is 3.43. The first kappa shape index (κ1) is 18.7. The van der Waals surface area contributed by atoms with E-state index < -0.39 is 0 Å². The normalized spacial score (nSPS) is 22.3. The number of pyridine rings is 3. The highest BCUT2D eigenvalue weighted by Crippen LogP contribution is 2.40. The van der Waals surface area contributed by atoms with E-state index in [0.29, 0.717) is 17.5 Å². The number of carbonyl (C=O) groups is 1. The maximum absolute atomic E-state index is 13.6. The van der Waals surface area contributed by atoms with Gasteiger partial charge in [-0.3, -0.25) is 9.78 Å². The molecular weight excluding hydrogens is 376 g/mol. The van der Waals surface area contributed by atoms with Crippen LogP contribution in [0.1, 0.15) is 34.6 Å². The zero-order valence-electron chi connectivity index (χ0n) is 17.2. The molecule has 3 aromatic rings. The van der Waals surface area contributed by atoms with Crippen LogP contribution in [0.2, 0.25) is 0 Å². The van der Waals surface area contributed by atoms with Gasteiger partial charge in [-0.25, -0.2) is 9.97 Å². The number of rotatable bonds is 4. The summed E-state index contributed by atoms with van der Waals surface area (Å²) in [6, 6.07) is 13.5. The number of hydrogen-bond acceptors (Lipinski definition) is 5. The lowest BCUT2D eigenvalue weighted by atomic mass is 10.0. The highest BCUT2D eigenvalue weighted by atomic mass is 16.5. The Balaban J connectivity index is 1.42. The van der Waals surface area contributed by atoms with Crippen molar-refractivity contribution < 1.29 is 9.53 Å². The molecule has 0 N–H and O–H groups in total. The summed E-state index contributed by atoms with van der Waals surface area (Å²) in [4.78, 5) is 29.0. The summed E-state index contributed by atoms with van der Waals surface area (Å²) in [7, 11) is 0. The molecule has 152 valence electrons. The quantitative estimate of drug-likeness (QED) is 0.666. The van der Waals surface area contributed by atoms with Crippen LogP contribution in [-0.4, -0.2) is 44.4 Å². The molecule has 1 saturated carbocycles. The standard InChI is InChI=1S/C24H24N4O2/c1-15-6-9-22(26-13-15)30-21-12-17-11-20(21)28(14-17)24(29)23-18(8-7-16(2)27-23)19-5-3-4-10-25-19/h3-10,13,17,20-21H,11-12,14H2,1-2H3. The monoisotopic (exact) mass is 400 g/mol. The number of amides is 1. The molecule has 3 unspecified atom stereocenters. The van der Waals surface area contributed by atoms with Crippen molar-refractivity contribution in [1.29, 1.82) is 0 Å². The van der Waals surface area contributed by atoms with Gasteiger partial charge in [0.15, 0.2) is 0 Å². The molecule has 4 heterocycles. The number of nitrogens with zero attached hydrogens (tertiary/aromatic N) is 4. The first-order valence-electron chi connectivity index (χ1n) is 10.4. The zero-order valence-corrected chi connectivity index (χ0v) is 17.2. The molecular formula is C24H24N4O2. The Bertz CT molecular complexity index is 1070. The smallest absolute Gasteiger partial charge is 0.273 e. The fraction of sp³-hybridized carbons (Fsp3) is 0.333. The van der Waals surface area contributed by atoms with Gasteiger partial charge in [0.05, 0.1) is 11.7 Å². The van der Waals surface area contributed by atoms with Gasteiger partial charge >= 0.3 is 0 Å². The summed E-state index contributed by atoms with van der Waals surface area (Å²) in [5.41, 5.74) is 3.91. The molecule has 6 heteroatoms. The van der Waals surface area contributed by atoms with Crippen molar-refractivity contribution in [3.05, 3.63) is 71.8 Å². The van der Waals surface area contributed by atoms with Crippen molar-refractivity contribution in [3.63, 3.8) is 0 Å². The first-order valence-corrected chi connectivity index (χ1v) is 10.4. The van der Waals surface area contributed by atoms with Crippen LogP contribution in [-0.2, 0) is 0 Å². The maximum atomic E-state index is 13.6. The zero-order chi connectivity index (χ0) is 20.7. The van der Waals surface area contributed by atoms with Gasteiger partial charge in [0.25, 0.3) is 5.91 Å². The third-order valence-electron chi connectivity index (χ3n) is 6.02. The largest absolute Gasteiger partial charge is 0.472 e. The number of ether oxygens (including phenoxy) is 1. The van der Waals surface area contributed by atoms with Crippen LogP contribution in [0.15, 0.2) is 54.9 Å². The average molecular weight is 400 g/mol. The Morgan fingerprint density at radius 1 is 1.07 bits per heavy atom. The number of carbonyl (C=O) groups excluding carboxylic acids is 1. The number of aryl methyl sites for hydroxylation is 2. The van der Waals surface area contributed by atoms with Gasteiger partial charge in [-0.1, -0.05) is 12.1 Å². The van der Waals surface area contributed by atoms with E-state index in [0.717, 1.165) is 41.9 Å². The highest BCUT2D eigenvalue weighted by molar-refractivity contribution is 5.99. The van der Waals surface area contributed by atoms with Crippen LogP contribution in [0.4, 0.5) is 0 Å². The number of fused-ring (bicyclic) bond motifs is 2. The number of likely N-dealkylation sites (tertiary alicyclic amines) is 1. The summed E-state index contributed by atoms with van der Waals surface area (Å²) in [5, 5.41) is 0. The van der Waals surface area contributed by atoms with E-state index in [2.05, 4.69) is 15.0 Å². The molecule has 0 spiro atoms. The van der Waals surface area contributed by atoms with Gasteiger partial charge in [0, 0.05) is 36.3 Å². The Morgan fingerprint density at radius 3 is 2.70 bits per heavy atom. The topological polar surface area (TPSA) is 68.2 Å². The molecule has 3 atom stereocenters. The minimum Gasteiger partial charge on any atom is -0.472 e. The van der Waals surface area contributed by atoms with Crippen molar-refractivity contribution in [2.24, 2.45) is 5.92 Å². The highest BCUT2D eigenvalue weighted by Gasteiger charge is 2.49. The first-order chi connectivity index (χ1) is 14.6. The van der Waals surface area contributed by atoms with Crippen LogP contribution >= 0.6 is 0 Å². The lowest BCUT2D eigenvalue weighted by molar-refractivity contribution is 0.0462. The SMILES string of the molecule is Cc1ccc(OC2CC3CC2N(C(=O)c2nc(C)ccc2-c2ccccn2)C3)nc1. The van der Waals surface area contributed by atoms with Crippen molar-refractivity contribution in [2.45, 2.75) is 38.8 Å². The summed E-state index contributed by atoms with van der Waals surface area (Å²) >= 11 is 0. The van der Waals surface area contributed by atoms with Crippen molar-refractivity contribution in [1.82, 2.24) is 19.9 Å². The summed E-state index contributed by atoms with van der Waals surface area (Å²) in [6.07, 6.45) is 5.43. The summed E-state index contributed by atoms with van der Waals surface area (Å²) in [5.74, 6) is 1.03. The number of aromatic nitrogens is 3. The molecule has 6 nitrogen and oxygen atoms in total. The van der Waals surface area contributed by atoms with Crippen LogP contribution in [0.25, 0.3) is 11.3 Å². The molecule has 1 aliphatic carbocycles. The predicted octanol–water partition coefficient (Wildman–Crippen LogP) is 3.84. The molecule has 2 fully saturated rings. The van der Waals surface area contributed by atoms with Gasteiger partial charge in [-0.2, -0.15) is 0 Å². The van der Waals surface area contributed by atoms with Crippen LogP contribution < -0.4 is 4.74 Å². The third-order valence-corrected chi connectivity index (χ3v) is 6.02. The van der Waals surface area contributed by atoms with E-state index in [-0.39, 0.29) is 18.1 Å². The average Bonchev–Trinajstić information content (AvgIpc) is 3.36. The maximum Gasteiger partial charge on any atom is 0.273 e. The Hall–Kier alpha value is -3.28. The lowest BCUT2D eigenvalue weighted by Gasteiger charge is -2.33. The Kier molecular flexibility index (Phi) is 4.69. The molecule has 30 heavy (non-hydrogen) atoms. The van der Waals surface area contributed by atoms with E-state index in [9.17, 15) is 4.79 Å². The molecule has 1 saturated heterocycles. The molecule has 0 aromatic carbocycles. The van der Waals surface area contributed by atoms with Crippen LogP contribution in [0, 0.1) is 19.8 Å². The molecule has 0 radical (unpaired) electrons. The second kappa shape index (κ2) is 7.52.